The van der Waals surface area contributed by atoms with Gasteiger partial charge in [0.05, 0.1) is 12.1 Å². The quantitative estimate of drug-likeness (QED) is 0.671. The molecule has 0 fully saturated rings. The first-order valence-electron chi connectivity index (χ1n) is 5.31. The van der Waals surface area contributed by atoms with Crippen LogP contribution in [0, 0.1) is 5.41 Å². The standard InChI is InChI=1S/C12H13BrN4S/c1-17(6-9-5-8(13)7-18-9)12-10(11(14)15)3-2-4-16-12/h2-5,7H,6H2,1H3,(H3,14,15). The van der Waals surface area contributed by atoms with Crippen LogP contribution in [0.15, 0.2) is 34.2 Å². The van der Waals surface area contributed by atoms with Gasteiger partial charge in [0.25, 0.3) is 0 Å². The highest BCUT2D eigenvalue weighted by atomic mass is 79.9. The Labute approximate surface area is 118 Å². The van der Waals surface area contributed by atoms with Crippen LogP contribution < -0.4 is 10.6 Å². The third kappa shape index (κ3) is 2.88. The van der Waals surface area contributed by atoms with E-state index in [1.54, 1.807) is 23.6 Å². The lowest BCUT2D eigenvalue weighted by atomic mass is 10.2. The second-order valence-electron chi connectivity index (χ2n) is 3.88. The lowest BCUT2D eigenvalue weighted by Gasteiger charge is -2.19. The van der Waals surface area contributed by atoms with Crippen molar-refractivity contribution < 1.29 is 0 Å². The number of nitrogens with zero attached hydrogens (tertiary/aromatic N) is 2. The van der Waals surface area contributed by atoms with E-state index in [4.69, 9.17) is 11.1 Å². The Kier molecular flexibility index (Phi) is 3.98. The number of hydrogen-bond donors (Lipinski definition) is 2. The molecule has 2 aromatic rings. The van der Waals surface area contributed by atoms with Crippen molar-refractivity contribution >= 4 is 38.9 Å². The summed E-state index contributed by atoms with van der Waals surface area (Å²) in [6.07, 6.45) is 1.71. The minimum atomic E-state index is 0.0392. The number of hydrogen-bond acceptors (Lipinski definition) is 4. The average molecular weight is 325 g/mol. The van der Waals surface area contributed by atoms with Crippen molar-refractivity contribution in [1.29, 1.82) is 5.41 Å². The van der Waals surface area contributed by atoms with Crippen molar-refractivity contribution in [3.05, 3.63) is 44.7 Å². The molecule has 0 amide bonds. The van der Waals surface area contributed by atoms with Gasteiger partial charge in [-0.3, -0.25) is 5.41 Å². The van der Waals surface area contributed by atoms with Crippen LogP contribution in [0.3, 0.4) is 0 Å². The maximum Gasteiger partial charge on any atom is 0.139 e. The minimum Gasteiger partial charge on any atom is -0.384 e. The Hall–Kier alpha value is -1.40. The van der Waals surface area contributed by atoms with Crippen molar-refractivity contribution in [3.63, 3.8) is 0 Å². The maximum atomic E-state index is 7.56. The summed E-state index contributed by atoms with van der Waals surface area (Å²) in [6, 6.07) is 5.68. The Morgan fingerprint density at radius 2 is 2.39 bits per heavy atom. The Morgan fingerprint density at radius 1 is 1.61 bits per heavy atom. The largest absolute Gasteiger partial charge is 0.384 e. The van der Waals surface area contributed by atoms with Crippen molar-refractivity contribution in [2.45, 2.75) is 6.54 Å². The van der Waals surface area contributed by atoms with Crippen LogP contribution in [0.1, 0.15) is 10.4 Å². The zero-order valence-electron chi connectivity index (χ0n) is 9.85. The van der Waals surface area contributed by atoms with Gasteiger partial charge in [-0.1, -0.05) is 0 Å². The molecule has 0 radical (unpaired) electrons. The normalized spacial score (nSPS) is 10.3. The molecule has 3 N–H and O–H groups in total. The second kappa shape index (κ2) is 5.49. The molecule has 0 bridgehead atoms. The van der Waals surface area contributed by atoms with Crippen LogP contribution in [0.25, 0.3) is 0 Å². The highest BCUT2D eigenvalue weighted by Gasteiger charge is 2.11. The molecule has 2 rings (SSSR count). The zero-order chi connectivity index (χ0) is 13.1. The van der Waals surface area contributed by atoms with Crippen molar-refractivity contribution in [2.24, 2.45) is 5.73 Å². The first kappa shape index (κ1) is 13.0. The molecule has 0 saturated heterocycles. The Bertz CT molecular complexity index is 567. The second-order valence-corrected chi connectivity index (χ2v) is 5.79. The number of anilines is 1. The van der Waals surface area contributed by atoms with Gasteiger partial charge in [0.15, 0.2) is 0 Å². The summed E-state index contributed by atoms with van der Waals surface area (Å²) in [7, 11) is 1.95. The molecule has 0 aliphatic heterocycles. The number of thiophene rings is 1. The van der Waals surface area contributed by atoms with Gasteiger partial charge in [0, 0.05) is 28.0 Å². The van der Waals surface area contributed by atoms with Crippen LogP contribution in [0.4, 0.5) is 5.82 Å². The van der Waals surface area contributed by atoms with Gasteiger partial charge >= 0.3 is 0 Å². The highest BCUT2D eigenvalue weighted by molar-refractivity contribution is 9.10. The monoisotopic (exact) mass is 324 g/mol. The third-order valence-corrected chi connectivity index (χ3v) is 4.14. The number of amidine groups is 1. The van der Waals surface area contributed by atoms with Crippen LogP contribution in [0.5, 0.6) is 0 Å². The van der Waals surface area contributed by atoms with Crippen LogP contribution in [0.2, 0.25) is 0 Å². The van der Waals surface area contributed by atoms with Gasteiger partial charge in [-0.15, -0.1) is 11.3 Å². The Balaban J connectivity index is 2.23. The highest BCUT2D eigenvalue weighted by Crippen LogP contribution is 2.23. The molecular formula is C12H13BrN4S. The van der Waals surface area contributed by atoms with E-state index in [-0.39, 0.29) is 5.84 Å². The summed E-state index contributed by atoms with van der Waals surface area (Å²) in [4.78, 5) is 7.52. The van der Waals surface area contributed by atoms with Gasteiger partial charge in [-0.25, -0.2) is 4.98 Å². The summed E-state index contributed by atoms with van der Waals surface area (Å²) in [5.74, 6) is 0.770. The molecule has 2 heterocycles. The van der Waals surface area contributed by atoms with Crippen molar-refractivity contribution in [1.82, 2.24) is 4.98 Å². The van der Waals surface area contributed by atoms with Gasteiger partial charge in [-0.05, 0) is 34.1 Å². The number of pyridine rings is 1. The molecule has 94 valence electrons. The molecule has 0 unspecified atom stereocenters. The van der Waals surface area contributed by atoms with E-state index in [9.17, 15) is 0 Å². The van der Waals surface area contributed by atoms with Crippen LogP contribution in [-0.4, -0.2) is 17.9 Å². The number of nitrogens with one attached hydrogen (secondary N) is 1. The van der Waals surface area contributed by atoms with Gasteiger partial charge in [0.1, 0.15) is 11.7 Å². The number of aromatic nitrogens is 1. The maximum absolute atomic E-state index is 7.56. The zero-order valence-corrected chi connectivity index (χ0v) is 12.3. The first-order valence-corrected chi connectivity index (χ1v) is 6.98. The van der Waals surface area contributed by atoms with E-state index in [0.29, 0.717) is 5.56 Å². The number of nitrogen functional groups attached to an aromatic ring is 1. The van der Waals surface area contributed by atoms with Gasteiger partial charge in [-0.2, -0.15) is 0 Å². The molecule has 18 heavy (non-hydrogen) atoms. The summed E-state index contributed by atoms with van der Waals surface area (Å²) >= 11 is 5.12. The fourth-order valence-electron chi connectivity index (χ4n) is 1.66. The number of rotatable bonds is 4. The average Bonchev–Trinajstić information content (AvgIpc) is 2.74. The molecule has 0 spiro atoms. The lowest BCUT2D eigenvalue weighted by Crippen LogP contribution is -2.22. The van der Waals surface area contributed by atoms with Crippen LogP contribution >= 0.6 is 27.3 Å². The fraction of sp³-hybridized carbons (Fsp3) is 0.167. The molecule has 0 saturated carbocycles. The van der Waals surface area contributed by atoms with E-state index in [2.05, 4.69) is 27.0 Å². The van der Waals surface area contributed by atoms with Gasteiger partial charge in [0.2, 0.25) is 0 Å². The summed E-state index contributed by atoms with van der Waals surface area (Å²) < 4.78 is 1.09. The Morgan fingerprint density at radius 3 is 3.00 bits per heavy atom. The molecular weight excluding hydrogens is 312 g/mol. The summed E-state index contributed by atoms with van der Waals surface area (Å²) in [5, 5.41) is 9.61. The number of nitrogens with two attached hydrogens (primary N) is 1. The van der Waals surface area contributed by atoms with Gasteiger partial charge < -0.3 is 10.6 Å². The SMILES string of the molecule is CN(Cc1cc(Br)cs1)c1ncccc1C(=N)N. The molecule has 2 aromatic heterocycles. The predicted octanol–water partition coefficient (Wildman–Crippen LogP) is 2.83. The molecule has 6 heteroatoms. The predicted molar refractivity (Wildman–Crippen MR) is 79.4 cm³/mol. The first-order chi connectivity index (χ1) is 8.58. The third-order valence-electron chi connectivity index (χ3n) is 2.45. The molecule has 4 nitrogen and oxygen atoms in total. The summed E-state index contributed by atoms with van der Waals surface area (Å²) in [6.45, 7) is 0.744. The summed E-state index contributed by atoms with van der Waals surface area (Å²) in [5.41, 5.74) is 6.22. The van der Waals surface area contributed by atoms with E-state index >= 15 is 0 Å². The van der Waals surface area contributed by atoms with E-state index in [0.717, 1.165) is 16.8 Å². The van der Waals surface area contributed by atoms with E-state index < -0.39 is 0 Å². The van der Waals surface area contributed by atoms with Crippen molar-refractivity contribution in [3.8, 4) is 0 Å². The van der Waals surface area contributed by atoms with E-state index in [1.165, 1.54) is 4.88 Å². The smallest absolute Gasteiger partial charge is 0.139 e. The van der Waals surface area contributed by atoms with E-state index in [1.807, 2.05) is 23.4 Å². The minimum absolute atomic E-state index is 0.0392. The lowest BCUT2D eigenvalue weighted by molar-refractivity contribution is 0.909. The topological polar surface area (TPSA) is 66.0 Å². The molecule has 0 aliphatic carbocycles. The number of halogens is 1. The van der Waals surface area contributed by atoms with Crippen LogP contribution in [-0.2, 0) is 6.54 Å². The fourth-order valence-corrected chi connectivity index (χ4v) is 3.16. The van der Waals surface area contributed by atoms with Crippen molar-refractivity contribution in [2.75, 3.05) is 11.9 Å². The molecule has 0 aliphatic rings. The molecule has 0 aromatic carbocycles. The molecule has 0 atom stereocenters.